The fourth-order valence-corrected chi connectivity index (χ4v) is 1.42. The summed E-state index contributed by atoms with van der Waals surface area (Å²) in [5.41, 5.74) is 5.44. The third-order valence-electron chi connectivity index (χ3n) is 2.33. The van der Waals surface area contributed by atoms with Crippen molar-refractivity contribution < 1.29 is 0 Å². The van der Waals surface area contributed by atoms with Gasteiger partial charge in [0.05, 0.1) is 0 Å². The molecule has 1 aromatic rings. The lowest BCUT2D eigenvalue weighted by atomic mass is 10.0. The van der Waals surface area contributed by atoms with Gasteiger partial charge in [0.2, 0.25) is 17.2 Å². The molecule has 0 spiro atoms. The van der Waals surface area contributed by atoms with Crippen LogP contribution < -0.4 is 11.1 Å². The quantitative estimate of drug-likeness (QED) is 0.807. The van der Waals surface area contributed by atoms with Crippen LogP contribution >= 0.6 is 11.6 Å². The van der Waals surface area contributed by atoms with Gasteiger partial charge in [0.1, 0.15) is 0 Å². The second-order valence-corrected chi connectivity index (χ2v) is 3.69. The SMILES string of the molecule is CCC(CC)CNc1nc(N)nc(Cl)n1. The molecule has 6 heteroatoms. The molecule has 0 saturated heterocycles. The first kappa shape index (κ1) is 12.0. The molecule has 0 radical (unpaired) electrons. The Bertz CT molecular complexity index is 293. The smallest absolute Gasteiger partial charge is 0.228 e. The number of nitrogen functional groups attached to an aromatic ring is 1. The van der Waals surface area contributed by atoms with E-state index >= 15 is 0 Å². The molecule has 0 aliphatic heterocycles. The molecule has 0 saturated carbocycles. The fraction of sp³-hybridized carbons (Fsp3) is 0.667. The lowest BCUT2D eigenvalue weighted by molar-refractivity contribution is 0.517. The minimum absolute atomic E-state index is 0.120. The maximum Gasteiger partial charge on any atom is 0.228 e. The fourth-order valence-electron chi connectivity index (χ4n) is 1.26. The minimum atomic E-state index is 0.120. The molecule has 1 heterocycles. The second-order valence-electron chi connectivity index (χ2n) is 3.35. The lowest BCUT2D eigenvalue weighted by Crippen LogP contribution is -2.15. The summed E-state index contributed by atoms with van der Waals surface area (Å²) in [6, 6.07) is 0. The van der Waals surface area contributed by atoms with E-state index < -0.39 is 0 Å². The van der Waals surface area contributed by atoms with E-state index in [2.05, 4.69) is 34.1 Å². The predicted octanol–water partition coefficient (Wildman–Crippen LogP) is 1.96. The number of nitrogens with two attached hydrogens (primary N) is 1. The molecule has 15 heavy (non-hydrogen) atoms. The molecule has 0 aromatic carbocycles. The maximum atomic E-state index is 5.65. The Morgan fingerprint density at radius 3 is 2.47 bits per heavy atom. The van der Waals surface area contributed by atoms with Crippen molar-refractivity contribution in [3.8, 4) is 0 Å². The van der Waals surface area contributed by atoms with E-state index in [4.69, 9.17) is 17.3 Å². The number of nitrogens with zero attached hydrogens (tertiary/aromatic N) is 3. The van der Waals surface area contributed by atoms with Crippen LogP contribution in [-0.4, -0.2) is 21.5 Å². The number of halogens is 1. The van der Waals surface area contributed by atoms with Crippen molar-refractivity contribution in [2.75, 3.05) is 17.6 Å². The summed E-state index contributed by atoms with van der Waals surface area (Å²) in [6.45, 7) is 5.14. The van der Waals surface area contributed by atoms with Crippen LogP contribution in [0.2, 0.25) is 5.28 Å². The Labute approximate surface area is 94.5 Å². The van der Waals surface area contributed by atoms with E-state index in [9.17, 15) is 0 Å². The highest BCUT2D eigenvalue weighted by atomic mass is 35.5. The van der Waals surface area contributed by atoms with Gasteiger partial charge >= 0.3 is 0 Å². The molecule has 0 aliphatic carbocycles. The molecule has 0 bridgehead atoms. The molecular formula is C9H16ClN5. The van der Waals surface area contributed by atoms with E-state index in [-0.39, 0.29) is 11.2 Å². The van der Waals surface area contributed by atoms with Gasteiger partial charge in [-0.3, -0.25) is 0 Å². The van der Waals surface area contributed by atoms with Gasteiger partial charge in [0, 0.05) is 6.54 Å². The van der Waals surface area contributed by atoms with Gasteiger partial charge in [-0.05, 0) is 17.5 Å². The summed E-state index contributed by atoms with van der Waals surface area (Å²) in [4.78, 5) is 11.5. The van der Waals surface area contributed by atoms with Crippen LogP contribution in [0.25, 0.3) is 0 Å². The van der Waals surface area contributed by atoms with Gasteiger partial charge in [0.25, 0.3) is 0 Å². The van der Waals surface area contributed by atoms with Crippen molar-refractivity contribution in [3.63, 3.8) is 0 Å². The van der Waals surface area contributed by atoms with Crippen molar-refractivity contribution >= 4 is 23.5 Å². The monoisotopic (exact) mass is 229 g/mol. The Morgan fingerprint density at radius 1 is 1.27 bits per heavy atom. The van der Waals surface area contributed by atoms with Crippen LogP contribution in [0.5, 0.6) is 0 Å². The molecule has 1 aromatic heterocycles. The summed E-state index contributed by atoms with van der Waals surface area (Å²) in [7, 11) is 0. The van der Waals surface area contributed by atoms with Gasteiger partial charge < -0.3 is 11.1 Å². The molecule has 5 nitrogen and oxygen atoms in total. The van der Waals surface area contributed by atoms with Crippen molar-refractivity contribution in [2.24, 2.45) is 5.92 Å². The largest absolute Gasteiger partial charge is 0.368 e. The summed E-state index contributed by atoms with van der Waals surface area (Å²) in [5.74, 6) is 1.20. The van der Waals surface area contributed by atoms with Gasteiger partial charge in [-0.25, -0.2) is 0 Å². The molecule has 84 valence electrons. The molecule has 1 rings (SSSR count). The van der Waals surface area contributed by atoms with Gasteiger partial charge in [0.15, 0.2) is 0 Å². The number of rotatable bonds is 5. The normalized spacial score (nSPS) is 10.7. The molecule has 0 fully saturated rings. The van der Waals surface area contributed by atoms with Crippen LogP contribution in [-0.2, 0) is 0 Å². The first-order chi connectivity index (χ1) is 7.15. The first-order valence-corrected chi connectivity index (χ1v) is 5.44. The maximum absolute atomic E-state index is 5.65. The van der Waals surface area contributed by atoms with E-state index in [0.29, 0.717) is 11.9 Å². The third-order valence-corrected chi connectivity index (χ3v) is 2.50. The number of hydrogen-bond acceptors (Lipinski definition) is 5. The van der Waals surface area contributed by atoms with Crippen molar-refractivity contribution in [1.82, 2.24) is 15.0 Å². The highest BCUT2D eigenvalue weighted by molar-refractivity contribution is 6.28. The Morgan fingerprint density at radius 2 is 1.93 bits per heavy atom. The lowest BCUT2D eigenvalue weighted by Gasteiger charge is -2.12. The van der Waals surface area contributed by atoms with Crippen LogP contribution in [0.15, 0.2) is 0 Å². The van der Waals surface area contributed by atoms with E-state index in [0.717, 1.165) is 19.4 Å². The summed E-state index contributed by atoms with van der Waals surface area (Å²) < 4.78 is 0. The Balaban J connectivity index is 2.57. The highest BCUT2D eigenvalue weighted by Gasteiger charge is 2.05. The molecule has 0 amide bonds. The van der Waals surface area contributed by atoms with Gasteiger partial charge in [-0.15, -0.1) is 0 Å². The number of nitrogens with one attached hydrogen (secondary N) is 1. The molecule has 3 N–H and O–H groups in total. The number of hydrogen-bond donors (Lipinski definition) is 2. The number of anilines is 2. The zero-order valence-electron chi connectivity index (χ0n) is 9.00. The Hall–Kier alpha value is -1.10. The van der Waals surface area contributed by atoms with Crippen molar-refractivity contribution in [3.05, 3.63) is 5.28 Å². The Kier molecular flexibility index (Phi) is 4.55. The number of aromatic nitrogens is 3. The second kappa shape index (κ2) is 5.70. The highest BCUT2D eigenvalue weighted by Crippen LogP contribution is 2.10. The first-order valence-electron chi connectivity index (χ1n) is 5.06. The standard InChI is InChI=1S/C9H16ClN5/c1-3-6(4-2)5-12-9-14-7(10)13-8(11)15-9/h6H,3-5H2,1-2H3,(H3,11,12,13,14,15). The van der Waals surface area contributed by atoms with E-state index in [1.54, 1.807) is 0 Å². The summed E-state index contributed by atoms with van der Waals surface area (Å²) in [5, 5.41) is 3.22. The zero-order valence-corrected chi connectivity index (χ0v) is 9.75. The average Bonchev–Trinajstić information content (AvgIpc) is 2.18. The molecular weight excluding hydrogens is 214 g/mol. The zero-order chi connectivity index (χ0) is 11.3. The average molecular weight is 230 g/mol. The minimum Gasteiger partial charge on any atom is -0.368 e. The van der Waals surface area contributed by atoms with Crippen molar-refractivity contribution in [2.45, 2.75) is 26.7 Å². The summed E-state index contributed by atoms with van der Waals surface area (Å²) >= 11 is 5.65. The van der Waals surface area contributed by atoms with Crippen molar-refractivity contribution in [1.29, 1.82) is 0 Å². The van der Waals surface area contributed by atoms with E-state index in [1.807, 2.05) is 0 Å². The summed E-state index contributed by atoms with van der Waals surface area (Å²) in [6.07, 6.45) is 2.25. The van der Waals surface area contributed by atoms with Gasteiger partial charge in [-0.2, -0.15) is 15.0 Å². The van der Waals surface area contributed by atoms with Gasteiger partial charge in [-0.1, -0.05) is 26.7 Å². The topological polar surface area (TPSA) is 76.7 Å². The molecule has 0 unspecified atom stereocenters. The molecule has 0 atom stereocenters. The third kappa shape index (κ3) is 3.87. The van der Waals surface area contributed by atoms with Crippen LogP contribution in [0.4, 0.5) is 11.9 Å². The van der Waals surface area contributed by atoms with E-state index in [1.165, 1.54) is 0 Å². The van der Waals surface area contributed by atoms with Crippen LogP contribution in [0.1, 0.15) is 26.7 Å². The predicted molar refractivity (Wildman–Crippen MR) is 61.8 cm³/mol. The molecule has 0 aliphatic rings. The van der Waals surface area contributed by atoms with Crippen LogP contribution in [0, 0.1) is 5.92 Å². The van der Waals surface area contributed by atoms with Crippen LogP contribution in [0.3, 0.4) is 0 Å².